The number of aromatic nitrogens is 4. The minimum absolute atomic E-state index is 0.451. The summed E-state index contributed by atoms with van der Waals surface area (Å²) in [5, 5.41) is 8.28. The first-order chi connectivity index (χ1) is 16.2. The van der Waals surface area contributed by atoms with E-state index in [-0.39, 0.29) is 0 Å². The molecule has 3 aromatic heterocycles. The summed E-state index contributed by atoms with van der Waals surface area (Å²) in [6, 6.07) is 15.6. The van der Waals surface area contributed by atoms with Gasteiger partial charge in [0.15, 0.2) is 5.65 Å². The molecule has 0 amide bonds. The van der Waals surface area contributed by atoms with Crippen LogP contribution in [0.25, 0.3) is 28.0 Å². The van der Waals surface area contributed by atoms with Crippen LogP contribution in [0, 0.1) is 6.92 Å². The third-order valence-electron chi connectivity index (χ3n) is 6.97. The van der Waals surface area contributed by atoms with Crippen molar-refractivity contribution in [1.82, 2.24) is 24.9 Å². The van der Waals surface area contributed by atoms with Gasteiger partial charge in [0.25, 0.3) is 0 Å². The Morgan fingerprint density at radius 1 is 0.939 bits per heavy atom. The summed E-state index contributed by atoms with van der Waals surface area (Å²) in [7, 11) is 0. The zero-order chi connectivity index (χ0) is 22.9. The normalized spacial score (nSPS) is 21.6. The topological polar surface area (TPSA) is 81.1 Å². The molecule has 0 aliphatic carbocycles. The molecule has 6 nitrogen and oxygen atoms in total. The monoisotopic (exact) mass is 440 g/mol. The van der Waals surface area contributed by atoms with E-state index in [9.17, 15) is 0 Å². The standard InChI is InChI=1S/C25H26N6.C2H6/c1-15-23(18-11-19-8-9-20(12-18)29-19)30-25-21(14-28-31(25)24(15)26)17-7-10-22(27-13-17)16-5-3-2-4-6-16;1-2/h2-7,10,13-14,18-20,29H,8-9,11-12,26H2,1H3;1-2H3. The van der Waals surface area contributed by atoms with E-state index in [4.69, 9.17) is 10.7 Å². The molecule has 33 heavy (non-hydrogen) atoms. The van der Waals surface area contributed by atoms with Crippen molar-refractivity contribution < 1.29 is 0 Å². The number of rotatable bonds is 3. The maximum absolute atomic E-state index is 6.53. The fraction of sp³-hybridized carbons (Fsp3) is 0.370. The lowest BCUT2D eigenvalue weighted by Crippen LogP contribution is -2.37. The molecule has 3 N–H and O–H groups in total. The van der Waals surface area contributed by atoms with Crippen molar-refractivity contribution in [2.75, 3.05) is 5.73 Å². The first-order valence-electron chi connectivity index (χ1n) is 12.1. The first-order valence-corrected chi connectivity index (χ1v) is 12.1. The van der Waals surface area contributed by atoms with Gasteiger partial charge in [-0.1, -0.05) is 50.2 Å². The van der Waals surface area contributed by atoms with Crippen LogP contribution in [0.15, 0.2) is 54.9 Å². The summed E-state index contributed by atoms with van der Waals surface area (Å²) >= 11 is 0. The molecule has 0 radical (unpaired) electrons. The van der Waals surface area contributed by atoms with Crippen LogP contribution in [-0.2, 0) is 0 Å². The average Bonchev–Trinajstić information content (AvgIpc) is 3.45. The maximum atomic E-state index is 6.53. The van der Waals surface area contributed by atoms with Gasteiger partial charge < -0.3 is 11.1 Å². The highest BCUT2D eigenvalue weighted by molar-refractivity contribution is 5.79. The van der Waals surface area contributed by atoms with Gasteiger partial charge in [-0.3, -0.25) is 4.98 Å². The van der Waals surface area contributed by atoms with Gasteiger partial charge in [0.1, 0.15) is 5.82 Å². The van der Waals surface area contributed by atoms with E-state index < -0.39 is 0 Å². The number of nitrogen functional groups attached to an aromatic ring is 1. The van der Waals surface area contributed by atoms with Gasteiger partial charge in [-0.05, 0) is 38.7 Å². The Morgan fingerprint density at radius 2 is 1.67 bits per heavy atom. The van der Waals surface area contributed by atoms with Crippen molar-refractivity contribution in [3.05, 3.63) is 66.1 Å². The summed E-state index contributed by atoms with van der Waals surface area (Å²) in [5.74, 6) is 1.14. The van der Waals surface area contributed by atoms with Crippen LogP contribution in [0.1, 0.15) is 56.7 Å². The quantitative estimate of drug-likeness (QED) is 0.447. The number of hydrogen-bond donors (Lipinski definition) is 2. The molecule has 2 fully saturated rings. The van der Waals surface area contributed by atoms with Crippen molar-refractivity contribution in [1.29, 1.82) is 0 Å². The molecular weight excluding hydrogens is 408 g/mol. The highest BCUT2D eigenvalue weighted by atomic mass is 15.3. The minimum atomic E-state index is 0.451. The van der Waals surface area contributed by atoms with Gasteiger partial charge in [-0.25, -0.2) is 4.98 Å². The van der Waals surface area contributed by atoms with Crippen LogP contribution in [-0.4, -0.2) is 31.7 Å². The summed E-state index contributed by atoms with van der Waals surface area (Å²) in [4.78, 5) is 9.83. The zero-order valence-electron chi connectivity index (χ0n) is 19.6. The van der Waals surface area contributed by atoms with Gasteiger partial charge in [0, 0.05) is 46.5 Å². The Bertz CT molecular complexity index is 1230. The third kappa shape index (κ3) is 3.89. The molecule has 2 saturated heterocycles. The zero-order valence-corrected chi connectivity index (χ0v) is 19.6. The van der Waals surface area contributed by atoms with Gasteiger partial charge >= 0.3 is 0 Å². The van der Waals surface area contributed by atoms with Gasteiger partial charge in [-0.15, -0.1) is 0 Å². The van der Waals surface area contributed by atoms with Crippen LogP contribution in [0.5, 0.6) is 0 Å². The molecule has 2 aliphatic heterocycles. The summed E-state index contributed by atoms with van der Waals surface area (Å²) in [6.45, 7) is 6.08. The Balaban J connectivity index is 0.00000111. The lowest BCUT2D eigenvalue weighted by molar-refractivity contribution is 0.358. The molecule has 2 atom stereocenters. The third-order valence-corrected chi connectivity index (χ3v) is 6.97. The van der Waals surface area contributed by atoms with Crippen LogP contribution in [0.2, 0.25) is 0 Å². The Labute approximate surface area is 195 Å². The van der Waals surface area contributed by atoms with E-state index in [0.717, 1.165) is 52.1 Å². The van der Waals surface area contributed by atoms with E-state index in [1.807, 2.05) is 44.4 Å². The number of benzene rings is 1. The van der Waals surface area contributed by atoms with Crippen molar-refractivity contribution in [2.45, 2.75) is 64.5 Å². The summed E-state index contributed by atoms with van der Waals surface area (Å²) < 4.78 is 1.77. The number of nitrogens with zero attached hydrogens (tertiary/aromatic N) is 4. The van der Waals surface area contributed by atoms with E-state index >= 15 is 0 Å². The number of hydrogen-bond acceptors (Lipinski definition) is 5. The minimum Gasteiger partial charge on any atom is -0.383 e. The van der Waals surface area contributed by atoms with Crippen molar-refractivity contribution >= 4 is 11.5 Å². The van der Waals surface area contributed by atoms with Crippen molar-refractivity contribution in [3.63, 3.8) is 0 Å². The largest absolute Gasteiger partial charge is 0.383 e. The fourth-order valence-corrected chi connectivity index (χ4v) is 5.33. The van der Waals surface area contributed by atoms with E-state index in [1.165, 1.54) is 12.8 Å². The lowest BCUT2D eigenvalue weighted by atomic mass is 9.87. The van der Waals surface area contributed by atoms with Crippen LogP contribution < -0.4 is 11.1 Å². The predicted octanol–water partition coefficient (Wildman–Crippen LogP) is 5.37. The molecule has 4 aromatic rings. The van der Waals surface area contributed by atoms with Crippen LogP contribution in [0.3, 0.4) is 0 Å². The highest BCUT2D eigenvalue weighted by Gasteiger charge is 2.36. The molecule has 0 spiro atoms. The van der Waals surface area contributed by atoms with Crippen LogP contribution >= 0.6 is 0 Å². The lowest BCUT2D eigenvalue weighted by Gasteiger charge is -2.30. The number of piperidine rings is 1. The number of nitrogens with two attached hydrogens (primary N) is 1. The van der Waals surface area contributed by atoms with Gasteiger partial charge in [0.05, 0.1) is 17.6 Å². The number of anilines is 1. The summed E-state index contributed by atoms with van der Waals surface area (Å²) in [5.41, 5.74) is 13.6. The van der Waals surface area contributed by atoms with E-state index in [0.29, 0.717) is 23.8 Å². The van der Waals surface area contributed by atoms with E-state index in [1.54, 1.807) is 4.52 Å². The van der Waals surface area contributed by atoms with E-state index in [2.05, 4.69) is 46.6 Å². The maximum Gasteiger partial charge on any atom is 0.165 e. The Hall–Kier alpha value is -3.25. The number of nitrogens with one attached hydrogen (secondary N) is 1. The average molecular weight is 441 g/mol. The van der Waals surface area contributed by atoms with Crippen molar-refractivity contribution in [2.24, 2.45) is 0 Å². The molecule has 1 aromatic carbocycles. The molecule has 2 aliphatic rings. The second-order valence-corrected chi connectivity index (χ2v) is 8.91. The molecular formula is C27H32N6. The highest BCUT2D eigenvalue weighted by Crippen LogP contribution is 2.39. The van der Waals surface area contributed by atoms with Gasteiger partial charge in [0.2, 0.25) is 0 Å². The number of fused-ring (bicyclic) bond motifs is 3. The smallest absolute Gasteiger partial charge is 0.165 e. The summed E-state index contributed by atoms with van der Waals surface area (Å²) in [6.07, 6.45) is 8.58. The molecule has 2 bridgehead atoms. The molecule has 6 heteroatoms. The van der Waals surface area contributed by atoms with Gasteiger partial charge in [-0.2, -0.15) is 9.61 Å². The molecule has 170 valence electrons. The first kappa shape index (κ1) is 21.6. The second kappa shape index (κ2) is 8.94. The Morgan fingerprint density at radius 3 is 2.33 bits per heavy atom. The second-order valence-electron chi connectivity index (χ2n) is 8.91. The molecule has 0 saturated carbocycles. The van der Waals surface area contributed by atoms with Crippen molar-refractivity contribution in [3.8, 4) is 22.4 Å². The Kier molecular flexibility index (Phi) is 5.85. The fourth-order valence-electron chi connectivity index (χ4n) is 5.33. The molecule has 6 rings (SSSR count). The number of pyridine rings is 1. The predicted molar refractivity (Wildman–Crippen MR) is 134 cm³/mol. The SMILES string of the molecule is CC.Cc1c(C2CC3CCC(C2)N3)nc2c(-c3ccc(-c4ccccc4)nc3)cnn2c1N. The van der Waals surface area contributed by atoms with Crippen LogP contribution in [0.4, 0.5) is 5.82 Å². The molecule has 5 heterocycles. The molecule has 2 unspecified atom stereocenters.